The standard InChI is InChI=1S/C55H43F2N5O10S/c56-42-27-40-47(29-45(42)63)72-48-30-46(64)43(57)28-41(48)49(40)37-21-17-33(25-38(37)55(68)69)53(66)59-24-10-2-1-9-23-58-52(65)32-15-18-34(19-16-32)60-51(31-11-5-3-6-12-31)50-39-26-35(20-22-44(39)61-54(50)67)62-73(70,71)36-13-7-4-8-14-36/h3-8,11-22,25-30,61-63,67H,1-2,9-10,23-24H2,(H,58,65)(H,59,66)(H,68,69)/p+1. The molecule has 0 saturated carbocycles. The molecule has 0 atom stereocenters. The molecule has 0 spiro atoms. The van der Waals surface area contributed by atoms with Gasteiger partial charge in [0.15, 0.2) is 23.3 Å². The summed E-state index contributed by atoms with van der Waals surface area (Å²) in [6.07, 6.45) is 2.76. The van der Waals surface area contributed by atoms with Gasteiger partial charge in [-0.15, -0.1) is 0 Å². The van der Waals surface area contributed by atoms with Gasteiger partial charge in [-0.05, 0) is 97.3 Å². The van der Waals surface area contributed by atoms with Gasteiger partial charge in [-0.1, -0.05) is 61.0 Å². The fourth-order valence-electron chi connectivity index (χ4n) is 8.47. The average Bonchev–Trinajstić information content (AvgIpc) is 3.71. The molecule has 0 bridgehead atoms. The number of benzene rings is 7. The van der Waals surface area contributed by atoms with Crippen LogP contribution in [0.15, 0.2) is 165 Å². The van der Waals surface area contributed by atoms with Gasteiger partial charge >= 0.3 is 11.9 Å². The number of fused-ring (bicyclic) bond motifs is 3. The number of carboxylic acid groups (broad SMARTS) is 1. The van der Waals surface area contributed by atoms with Crippen LogP contribution >= 0.6 is 0 Å². The highest BCUT2D eigenvalue weighted by atomic mass is 32.2. The Bertz CT molecular complexity index is 3790. The van der Waals surface area contributed by atoms with E-state index in [1.54, 1.807) is 60.7 Å². The van der Waals surface area contributed by atoms with Gasteiger partial charge in [-0.3, -0.25) is 14.3 Å². The first-order valence-corrected chi connectivity index (χ1v) is 24.4. The quantitative estimate of drug-likeness (QED) is 0.0186. The van der Waals surface area contributed by atoms with E-state index in [9.17, 15) is 52.0 Å². The molecule has 7 aromatic rings. The Balaban J connectivity index is 0.815. The van der Waals surface area contributed by atoms with Gasteiger partial charge in [0.25, 0.3) is 15.9 Å². The Morgan fingerprint density at radius 1 is 0.712 bits per heavy atom. The minimum atomic E-state index is -3.90. The summed E-state index contributed by atoms with van der Waals surface area (Å²) in [5.74, 6) is -5.21. The molecule has 18 heteroatoms. The lowest BCUT2D eigenvalue weighted by Gasteiger charge is -2.17. The van der Waals surface area contributed by atoms with Crippen molar-refractivity contribution in [2.24, 2.45) is 4.99 Å². The van der Waals surface area contributed by atoms with Crippen molar-refractivity contribution in [3.8, 4) is 34.1 Å². The summed E-state index contributed by atoms with van der Waals surface area (Å²) in [6, 6.07) is 36.4. The van der Waals surface area contributed by atoms with E-state index in [1.165, 1.54) is 30.3 Å². The molecule has 1 aliphatic heterocycles. The van der Waals surface area contributed by atoms with Crippen LogP contribution in [0.4, 0.5) is 20.2 Å². The van der Waals surface area contributed by atoms with E-state index >= 15 is 0 Å². The number of aromatic amines is 1. The molecular weight excluding hydrogens is 961 g/mol. The van der Waals surface area contributed by atoms with Crippen LogP contribution in [0, 0.1) is 11.6 Å². The molecule has 15 nitrogen and oxygen atoms in total. The Labute approximate surface area is 414 Å². The van der Waals surface area contributed by atoms with Crippen molar-refractivity contribution in [2.45, 2.75) is 30.6 Å². The van der Waals surface area contributed by atoms with E-state index in [1.807, 2.05) is 30.3 Å². The van der Waals surface area contributed by atoms with Crippen molar-refractivity contribution in [3.05, 3.63) is 195 Å². The number of aliphatic hydroxyl groups excluding tert-OH is 1. The topological polar surface area (TPSA) is 246 Å². The maximum absolute atomic E-state index is 14.6. The van der Waals surface area contributed by atoms with Crippen LogP contribution < -0.4 is 20.5 Å². The summed E-state index contributed by atoms with van der Waals surface area (Å²) in [5.41, 5.74) is 1.95. The molecule has 9 rings (SSSR count). The van der Waals surface area contributed by atoms with Crippen LogP contribution in [-0.2, 0) is 10.0 Å². The number of sulfonamides is 1. The number of rotatable bonds is 17. The van der Waals surface area contributed by atoms with Gasteiger partial charge in [0.1, 0.15) is 17.9 Å². The molecule has 1 aliphatic carbocycles. The van der Waals surface area contributed by atoms with E-state index in [0.717, 1.165) is 37.1 Å². The van der Waals surface area contributed by atoms with Crippen LogP contribution in [-0.4, -0.2) is 70.4 Å². The number of carbonyl (C=O) groups excluding carboxylic acids is 1. The normalized spacial score (nSPS) is 12.1. The number of aliphatic imine (C=N–C) groups is 1. The number of aromatic nitrogens is 1. The van der Waals surface area contributed by atoms with E-state index in [2.05, 4.69) is 20.0 Å². The predicted octanol–water partition coefficient (Wildman–Crippen LogP) is 8.78. The minimum Gasteiger partial charge on any atom is -0.505 e. The van der Waals surface area contributed by atoms with Crippen molar-refractivity contribution in [3.63, 3.8) is 0 Å². The second-order valence-electron chi connectivity index (χ2n) is 17.0. The first kappa shape index (κ1) is 48.8. The zero-order chi connectivity index (χ0) is 51.4. The number of H-pyrrole nitrogens is 1. The van der Waals surface area contributed by atoms with E-state index in [4.69, 9.17) is 9.41 Å². The molecule has 0 radical (unpaired) electrons. The summed E-state index contributed by atoms with van der Waals surface area (Å²) in [6.45, 7) is 0.726. The fraction of sp³-hybridized carbons (Fsp3) is 0.109. The third-order valence-corrected chi connectivity index (χ3v) is 13.5. The summed E-state index contributed by atoms with van der Waals surface area (Å²) >= 11 is 0. The zero-order valence-corrected chi connectivity index (χ0v) is 39.3. The molecule has 0 unspecified atom stereocenters. The number of carbonyl (C=O) groups is 2. The molecule has 1 aromatic heterocycles. The average molecular weight is 1010 g/mol. The van der Waals surface area contributed by atoms with Crippen LogP contribution in [0.5, 0.6) is 11.6 Å². The van der Waals surface area contributed by atoms with E-state index < -0.39 is 38.8 Å². The molecule has 2 heterocycles. The number of aliphatic hydroxyl groups is 1. The Kier molecular flexibility index (Phi) is 13.8. The Morgan fingerprint density at radius 2 is 1.42 bits per heavy atom. The number of phenolic OH excluding ortho intramolecular Hbond substituents is 1. The Hall–Kier alpha value is -9.16. The fourth-order valence-corrected chi connectivity index (χ4v) is 9.54. The number of nitrogens with zero attached hydrogens (tertiary/aromatic N) is 1. The Morgan fingerprint density at radius 3 is 2.16 bits per heavy atom. The van der Waals surface area contributed by atoms with E-state index in [-0.39, 0.29) is 72.8 Å². The summed E-state index contributed by atoms with van der Waals surface area (Å²) < 4.78 is 63.8. The van der Waals surface area contributed by atoms with Crippen molar-refractivity contribution >= 4 is 66.8 Å². The molecule has 2 aliphatic rings. The number of aromatic carboxylic acids is 1. The molecular formula is C55H44F2N5O10S+. The number of unbranched alkanes of at least 4 members (excludes halogenated alkanes) is 3. The maximum Gasteiger partial charge on any atom is 0.365 e. The largest absolute Gasteiger partial charge is 0.505 e. The summed E-state index contributed by atoms with van der Waals surface area (Å²) in [7, 11) is -3.90. The first-order chi connectivity index (χ1) is 35.1. The van der Waals surface area contributed by atoms with E-state index in [0.29, 0.717) is 64.9 Å². The highest BCUT2D eigenvalue weighted by Crippen LogP contribution is 2.43. The van der Waals surface area contributed by atoms with Gasteiger partial charge in [-0.2, -0.15) is 0 Å². The number of phenols is 1. The molecule has 1 amide bonds. The smallest absolute Gasteiger partial charge is 0.365 e. The molecule has 6 aromatic carbocycles. The lowest BCUT2D eigenvalue weighted by atomic mass is 9.89. The highest BCUT2D eigenvalue weighted by Gasteiger charge is 2.26. The van der Waals surface area contributed by atoms with Gasteiger partial charge in [0, 0.05) is 69.3 Å². The molecule has 8 N–H and O–H groups in total. The van der Waals surface area contributed by atoms with Gasteiger partial charge < -0.3 is 35.1 Å². The number of hydrogen-bond donors (Lipinski definition) is 8. The van der Waals surface area contributed by atoms with Gasteiger partial charge in [0.05, 0.1) is 33.0 Å². The van der Waals surface area contributed by atoms with Crippen LogP contribution in [0.3, 0.4) is 0 Å². The number of aromatic hydroxyl groups is 2. The monoisotopic (exact) mass is 1000 g/mol. The third kappa shape index (κ3) is 10.5. The molecule has 73 heavy (non-hydrogen) atoms. The number of halogens is 2. The van der Waals surface area contributed by atoms with Crippen molar-refractivity contribution in [1.82, 2.24) is 10.3 Å². The molecule has 0 saturated heterocycles. The predicted molar refractivity (Wildman–Crippen MR) is 272 cm³/mol. The SMILES string of the molecule is O=C(NCCCCCC[NH+]=C(O)c1ccc(-c2c3cc(F)c(=O)cc-3oc3cc(O)c(F)cc23)c(C(=O)O)c1)c1ccc(N=C(c2ccccc2)c2c(O)[nH]c3ccc(NS(=O)(=O)c4ccccc4)cc23)cc1. The number of nitrogens with one attached hydrogen (secondary N) is 4. The lowest BCUT2D eigenvalue weighted by Crippen LogP contribution is -2.73. The highest BCUT2D eigenvalue weighted by molar-refractivity contribution is 7.92. The first-order valence-electron chi connectivity index (χ1n) is 22.9. The van der Waals surface area contributed by atoms with Crippen molar-refractivity contribution in [1.29, 1.82) is 0 Å². The number of carboxylic acids is 1. The number of hydrogen-bond acceptors (Lipinski definition) is 9. The summed E-state index contributed by atoms with van der Waals surface area (Å²) in [4.78, 5) is 48.7. The third-order valence-electron chi connectivity index (χ3n) is 12.1. The number of amides is 1. The summed E-state index contributed by atoms with van der Waals surface area (Å²) in [5, 5.41) is 45.8. The minimum absolute atomic E-state index is 0.00965. The molecule has 0 fully saturated rings. The van der Waals surface area contributed by atoms with Crippen LogP contribution in [0.1, 0.15) is 63.1 Å². The van der Waals surface area contributed by atoms with Gasteiger partial charge in [-0.25, -0.2) is 32.0 Å². The molecule has 368 valence electrons. The maximum atomic E-state index is 14.6. The second-order valence-corrected chi connectivity index (χ2v) is 18.6. The van der Waals surface area contributed by atoms with Crippen LogP contribution in [0.25, 0.3) is 44.3 Å². The van der Waals surface area contributed by atoms with Gasteiger partial charge in [0.2, 0.25) is 5.43 Å². The second kappa shape index (κ2) is 20.7. The van der Waals surface area contributed by atoms with Crippen molar-refractivity contribution in [2.75, 3.05) is 17.8 Å². The number of anilines is 1. The lowest BCUT2D eigenvalue weighted by molar-refractivity contribution is -0.466. The van der Waals surface area contributed by atoms with Crippen LogP contribution in [0.2, 0.25) is 0 Å². The van der Waals surface area contributed by atoms with Crippen molar-refractivity contribution < 1.29 is 56.6 Å². The zero-order valence-electron chi connectivity index (χ0n) is 38.4.